The van der Waals surface area contributed by atoms with Gasteiger partial charge in [0, 0.05) is 4.47 Å². The van der Waals surface area contributed by atoms with Crippen LogP contribution in [0.5, 0.6) is 0 Å². The van der Waals surface area contributed by atoms with Gasteiger partial charge in [0.1, 0.15) is 0 Å². The molecule has 0 heterocycles. The lowest BCUT2D eigenvalue weighted by Crippen LogP contribution is -2.12. The van der Waals surface area contributed by atoms with Crippen molar-refractivity contribution < 1.29 is 26.3 Å². The molecule has 0 bridgehead atoms. The molecule has 0 saturated heterocycles. The monoisotopic (exact) mass is 292 g/mol. The number of halogens is 7. The van der Waals surface area contributed by atoms with Crippen molar-refractivity contribution in [1.82, 2.24) is 0 Å². The van der Waals surface area contributed by atoms with Crippen LogP contribution in [0.25, 0.3) is 0 Å². The zero-order valence-electron chi connectivity index (χ0n) is 6.88. The second-order valence-electron chi connectivity index (χ2n) is 2.66. The van der Waals surface area contributed by atoms with Crippen molar-refractivity contribution >= 4 is 15.9 Å². The summed E-state index contributed by atoms with van der Waals surface area (Å²) < 4.78 is 72.3. The molecule has 0 N–H and O–H groups in total. The topological polar surface area (TPSA) is 0 Å². The molecule has 84 valence electrons. The summed E-state index contributed by atoms with van der Waals surface area (Å²) in [4.78, 5) is 0. The molecule has 0 fully saturated rings. The number of hydrogen-bond acceptors (Lipinski definition) is 0. The van der Waals surface area contributed by atoms with Gasteiger partial charge in [0.2, 0.25) is 0 Å². The fourth-order valence-electron chi connectivity index (χ4n) is 0.970. The van der Waals surface area contributed by atoms with Gasteiger partial charge in [0.15, 0.2) is 0 Å². The van der Waals surface area contributed by atoms with E-state index in [1.165, 1.54) is 0 Å². The minimum absolute atomic E-state index is 0.583. The van der Waals surface area contributed by atoms with Gasteiger partial charge in [-0.15, -0.1) is 0 Å². The summed E-state index contributed by atoms with van der Waals surface area (Å²) in [6.45, 7) is 0. The van der Waals surface area contributed by atoms with Crippen LogP contribution in [0.2, 0.25) is 0 Å². The Labute approximate surface area is 89.0 Å². The smallest absolute Gasteiger partial charge is 0.166 e. The highest BCUT2D eigenvalue weighted by atomic mass is 79.9. The first kappa shape index (κ1) is 12.4. The molecule has 1 aromatic carbocycles. The lowest BCUT2D eigenvalue weighted by Gasteiger charge is -2.14. The zero-order chi connectivity index (χ0) is 11.9. The fourth-order valence-corrected chi connectivity index (χ4v) is 1.68. The first-order chi connectivity index (χ1) is 6.64. The molecule has 15 heavy (non-hydrogen) atoms. The van der Waals surface area contributed by atoms with Gasteiger partial charge < -0.3 is 0 Å². The second-order valence-corrected chi connectivity index (χ2v) is 3.46. The van der Waals surface area contributed by atoms with Crippen molar-refractivity contribution in [3.63, 3.8) is 0 Å². The summed E-state index contributed by atoms with van der Waals surface area (Å²) in [6, 6.07) is 1.88. The summed E-state index contributed by atoms with van der Waals surface area (Å²) in [5.74, 6) is 0. The Morgan fingerprint density at radius 3 is 1.40 bits per heavy atom. The van der Waals surface area contributed by atoms with Crippen molar-refractivity contribution in [2.75, 3.05) is 0 Å². The molecular weight excluding hydrogens is 290 g/mol. The van der Waals surface area contributed by atoms with Crippen LogP contribution in [0, 0.1) is 0 Å². The SMILES string of the molecule is FC(F)(F)c1cccc(C(F)(F)F)c1Br. The Kier molecular flexibility index (Phi) is 3.04. The van der Waals surface area contributed by atoms with E-state index in [4.69, 9.17) is 0 Å². The molecule has 0 nitrogen and oxygen atoms in total. The summed E-state index contributed by atoms with van der Waals surface area (Å²) in [5.41, 5.74) is -2.67. The van der Waals surface area contributed by atoms with E-state index < -0.39 is 28.0 Å². The second kappa shape index (κ2) is 3.70. The van der Waals surface area contributed by atoms with E-state index in [-0.39, 0.29) is 0 Å². The Bertz CT molecular complexity index is 332. The molecule has 7 heteroatoms. The fraction of sp³-hybridized carbons (Fsp3) is 0.250. The average molecular weight is 293 g/mol. The summed E-state index contributed by atoms with van der Waals surface area (Å²) >= 11 is 2.31. The van der Waals surface area contributed by atoms with Gasteiger partial charge in [-0.1, -0.05) is 6.07 Å². The third kappa shape index (κ3) is 2.64. The predicted molar refractivity (Wildman–Crippen MR) is 44.1 cm³/mol. The molecule has 0 saturated carbocycles. The van der Waals surface area contributed by atoms with E-state index in [1.54, 1.807) is 0 Å². The van der Waals surface area contributed by atoms with E-state index in [1.807, 2.05) is 0 Å². The molecule has 0 aliphatic rings. The molecule has 1 rings (SSSR count). The Morgan fingerprint density at radius 2 is 1.13 bits per heavy atom. The van der Waals surface area contributed by atoms with E-state index in [0.717, 1.165) is 6.07 Å². The van der Waals surface area contributed by atoms with Crippen LogP contribution in [0.15, 0.2) is 22.7 Å². The maximum atomic E-state index is 12.2. The third-order valence-corrected chi connectivity index (χ3v) is 2.46. The molecule has 0 aliphatic carbocycles. The lowest BCUT2D eigenvalue weighted by molar-refractivity contribution is -0.144. The number of benzene rings is 1. The van der Waals surface area contributed by atoms with Crippen LogP contribution in [0.1, 0.15) is 11.1 Å². The van der Waals surface area contributed by atoms with Crippen LogP contribution in [-0.2, 0) is 12.4 Å². The van der Waals surface area contributed by atoms with Gasteiger partial charge in [-0.25, -0.2) is 0 Å². The first-order valence-electron chi connectivity index (χ1n) is 3.57. The van der Waals surface area contributed by atoms with Crippen LogP contribution >= 0.6 is 15.9 Å². The quantitative estimate of drug-likeness (QED) is 0.618. The van der Waals surface area contributed by atoms with Crippen LogP contribution < -0.4 is 0 Å². The highest BCUT2D eigenvalue weighted by Gasteiger charge is 2.39. The molecule has 0 spiro atoms. The predicted octanol–water partition coefficient (Wildman–Crippen LogP) is 4.49. The van der Waals surface area contributed by atoms with Crippen LogP contribution in [0.3, 0.4) is 0 Å². The Morgan fingerprint density at radius 1 is 0.800 bits per heavy atom. The Hall–Kier alpha value is -0.720. The van der Waals surface area contributed by atoms with Gasteiger partial charge in [-0.2, -0.15) is 26.3 Å². The molecule has 0 radical (unpaired) electrons. The van der Waals surface area contributed by atoms with E-state index in [0.29, 0.717) is 12.1 Å². The van der Waals surface area contributed by atoms with E-state index >= 15 is 0 Å². The Balaban J connectivity index is 3.37. The van der Waals surface area contributed by atoms with Crippen molar-refractivity contribution in [2.45, 2.75) is 12.4 Å². The minimum Gasteiger partial charge on any atom is -0.166 e. The highest BCUT2D eigenvalue weighted by Crippen LogP contribution is 2.41. The van der Waals surface area contributed by atoms with Gasteiger partial charge >= 0.3 is 12.4 Å². The summed E-state index contributed by atoms with van der Waals surface area (Å²) in [7, 11) is 0. The first-order valence-corrected chi connectivity index (χ1v) is 4.36. The van der Waals surface area contributed by atoms with Gasteiger partial charge in [-0.3, -0.25) is 0 Å². The zero-order valence-corrected chi connectivity index (χ0v) is 8.46. The maximum Gasteiger partial charge on any atom is 0.417 e. The molecule has 0 amide bonds. The number of rotatable bonds is 0. The molecule has 0 aliphatic heterocycles. The molecule has 0 unspecified atom stereocenters. The van der Waals surface area contributed by atoms with Crippen molar-refractivity contribution in [3.8, 4) is 0 Å². The van der Waals surface area contributed by atoms with Gasteiger partial charge in [-0.05, 0) is 28.1 Å². The van der Waals surface area contributed by atoms with E-state index in [9.17, 15) is 26.3 Å². The molecule has 1 aromatic rings. The molecule has 0 aromatic heterocycles. The summed E-state index contributed by atoms with van der Waals surface area (Å²) in [6.07, 6.45) is -9.61. The van der Waals surface area contributed by atoms with Gasteiger partial charge in [0.25, 0.3) is 0 Å². The van der Waals surface area contributed by atoms with Crippen molar-refractivity contribution in [1.29, 1.82) is 0 Å². The van der Waals surface area contributed by atoms with Crippen molar-refractivity contribution in [3.05, 3.63) is 33.8 Å². The normalized spacial score (nSPS) is 13.0. The van der Waals surface area contributed by atoms with E-state index in [2.05, 4.69) is 15.9 Å². The summed E-state index contributed by atoms with van der Waals surface area (Å²) in [5, 5.41) is 0. The molecule has 0 atom stereocenters. The lowest BCUT2D eigenvalue weighted by atomic mass is 10.1. The minimum atomic E-state index is -4.81. The third-order valence-electron chi connectivity index (χ3n) is 1.61. The maximum absolute atomic E-state index is 12.2. The number of alkyl halides is 6. The largest absolute Gasteiger partial charge is 0.417 e. The number of hydrogen-bond donors (Lipinski definition) is 0. The van der Waals surface area contributed by atoms with Crippen molar-refractivity contribution in [2.24, 2.45) is 0 Å². The molecular formula is C8H3BrF6. The average Bonchev–Trinajstić information content (AvgIpc) is 1.99. The van der Waals surface area contributed by atoms with Crippen LogP contribution in [-0.4, -0.2) is 0 Å². The standard InChI is InChI=1S/C8H3BrF6/c9-6-4(7(10,11)12)2-1-3-5(6)8(13,14)15/h1-3H. The highest BCUT2D eigenvalue weighted by molar-refractivity contribution is 9.10. The van der Waals surface area contributed by atoms with Gasteiger partial charge in [0.05, 0.1) is 11.1 Å². The van der Waals surface area contributed by atoms with Crippen LogP contribution in [0.4, 0.5) is 26.3 Å².